The maximum atomic E-state index is 9.05. The Morgan fingerprint density at radius 3 is 2.69 bits per heavy atom. The van der Waals surface area contributed by atoms with Gasteiger partial charge in [-0.1, -0.05) is 6.07 Å². The van der Waals surface area contributed by atoms with E-state index in [0.29, 0.717) is 11.1 Å². The average molecular weight is 236 g/mol. The first-order valence-corrected chi connectivity index (χ1v) is 5.69. The molecule has 0 spiro atoms. The Hall–Kier alpha value is -1.33. The average Bonchev–Trinajstić information content (AvgIpc) is 2.64. The van der Waals surface area contributed by atoms with Crippen LogP contribution in [-0.4, -0.2) is 15.3 Å². The lowest BCUT2D eigenvalue weighted by molar-refractivity contribution is 0.281. The fourth-order valence-corrected chi connectivity index (χ4v) is 2.15. The summed E-state index contributed by atoms with van der Waals surface area (Å²) in [6, 6.07) is 5.83. The van der Waals surface area contributed by atoms with Crippen molar-refractivity contribution in [3.63, 3.8) is 0 Å². The van der Waals surface area contributed by atoms with Gasteiger partial charge >= 0.3 is 0 Å². The zero-order chi connectivity index (χ0) is 11.5. The lowest BCUT2D eigenvalue weighted by Gasteiger charge is -2.03. The van der Waals surface area contributed by atoms with E-state index in [2.05, 4.69) is 10.2 Å². The fourth-order valence-electron chi connectivity index (χ4n) is 1.33. The molecule has 0 atom stereocenters. The molecule has 4 nitrogen and oxygen atoms in total. The van der Waals surface area contributed by atoms with Crippen LogP contribution in [0.2, 0.25) is 0 Å². The molecule has 0 unspecified atom stereocenters. The topological polar surface area (TPSA) is 59.2 Å². The van der Waals surface area contributed by atoms with E-state index in [1.54, 1.807) is 6.92 Å². The number of rotatable bonds is 3. The van der Waals surface area contributed by atoms with Crippen molar-refractivity contribution in [1.29, 1.82) is 0 Å². The van der Waals surface area contributed by atoms with Gasteiger partial charge in [0.15, 0.2) is 0 Å². The van der Waals surface area contributed by atoms with E-state index in [9.17, 15) is 0 Å². The highest BCUT2D eigenvalue weighted by Crippen LogP contribution is 2.27. The van der Waals surface area contributed by atoms with Crippen LogP contribution in [0.3, 0.4) is 0 Å². The van der Waals surface area contributed by atoms with E-state index in [4.69, 9.17) is 9.52 Å². The molecule has 0 amide bonds. The summed E-state index contributed by atoms with van der Waals surface area (Å²) in [6.07, 6.45) is 0. The van der Waals surface area contributed by atoms with Crippen LogP contribution in [0.4, 0.5) is 0 Å². The molecule has 2 rings (SSSR count). The molecular formula is C11H12N2O2S. The van der Waals surface area contributed by atoms with Crippen molar-refractivity contribution >= 4 is 11.8 Å². The number of aryl methyl sites for hydroxylation is 2. The van der Waals surface area contributed by atoms with Crippen LogP contribution in [0, 0.1) is 13.8 Å². The Balaban J connectivity index is 2.19. The van der Waals surface area contributed by atoms with Gasteiger partial charge in [-0.2, -0.15) is 0 Å². The molecule has 1 aromatic heterocycles. The summed E-state index contributed by atoms with van der Waals surface area (Å²) in [4.78, 5) is 1.03. The van der Waals surface area contributed by atoms with Gasteiger partial charge in [-0.3, -0.25) is 0 Å². The molecule has 16 heavy (non-hydrogen) atoms. The quantitative estimate of drug-likeness (QED) is 0.886. The Kier molecular flexibility index (Phi) is 3.26. The van der Waals surface area contributed by atoms with Crippen LogP contribution in [0.5, 0.6) is 0 Å². The van der Waals surface area contributed by atoms with Crippen LogP contribution < -0.4 is 0 Å². The highest BCUT2D eigenvalue weighted by molar-refractivity contribution is 7.99. The highest BCUT2D eigenvalue weighted by atomic mass is 32.2. The molecule has 0 bridgehead atoms. The van der Waals surface area contributed by atoms with Gasteiger partial charge in [0.05, 0.1) is 6.61 Å². The minimum absolute atomic E-state index is 0.0659. The molecule has 0 radical (unpaired) electrons. The van der Waals surface area contributed by atoms with Crippen LogP contribution in [0.25, 0.3) is 0 Å². The van der Waals surface area contributed by atoms with Crippen molar-refractivity contribution in [3.8, 4) is 0 Å². The second kappa shape index (κ2) is 4.67. The van der Waals surface area contributed by atoms with E-state index >= 15 is 0 Å². The summed E-state index contributed by atoms with van der Waals surface area (Å²) in [7, 11) is 0. The Labute approximate surface area is 97.7 Å². The third-order valence-electron chi connectivity index (χ3n) is 2.20. The first-order valence-electron chi connectivity index (χ1n) is 4.87. The van der Waals surface area contributed by atoms with Crippen molar-refractivity contribution in [1.82, 2.24) is 10.2 Å². The van der Waals surface area contributed by atoms with Crippen molar-refractivity contribution in [2.75, 3.05) is 0 Å². The molecule has 0 aliphatic rings. The molecule has 0 aliphatic carbocycles. The van der Waals surface area contributed by atoms with E-state index in [-0.39, 0.29) is 6.61 Å². The minimum Gasteiger partial charge on any atom is -0.416 e. The van der Waals surface area contributed by atoms with E-state index in [1.807, 2.05) is 25.1 Å². The van der Waals surface area contributed by atoms with Crippen LogP contribution in [0.15, 0.2) is 32.7 Å². The van der Waals surface area contributed by atoms with E-state index < -0.39 is 0 Å². The maximum Gasteiger partial charge on any atom is 0.281 e. The molecule has 0 saturated heterocycles. The monoisotopic (exact) mass is 236 g/mol. The first kappa shape index (κ1) is 11.2. The summed E-state index contributed by atoms with van der Waals surface area (Å²) >= 11 is 1.42. The van der Waals surface area contributed by atoms with Gasteiger partial charge in [0, 0.05) is 11.8 Å². The second-order valence-electron chi connectivity index (χ2n) is 3.44. The van der Waals surface area contributed by atoms with Crippen molar-refractivity contribution in [3.05, 3.63) is 35.2 Å². The fraction of sp³-hybridized carbons (Fsp3) is 0.273. The predicted octanol–water partition coefficient (Wildman–Crippen LogP) is 2.33. The first-order chi connectivity index (χ1) is 7.69. The SMILES string of the molecule is Cc1nnc(Sc2ccc(CO)c(C)c2)o1. The molecular weight excluding hydrogens is 224 g/mol. The van der Waals surface area contributed by atoms with Crippen molar-refractivity contribution in [2.45, 2.75) is 30.6 Å². The number of aliphatic hydroxyl groups is 1. The Morgan fingerprint density at radius 2 is 2.12 bits per heavy atom. The lowest BCUT2D eigenvalue weighted by atomic mass is 10.1. The van der Waals surface area contributed by atoms with Gasteiger partial charge in [-0.15, -0.1) is 10.2 Å². The maximum absolute atomic E-state index is 9.05. The van der Waals surface area contributed by atoms with E-state index in [0.717, 1.165) is 16.0 Å². The van der Waals surface area contributed by atoms with Gasteiger partial charge in [0.2, 0.25) is 5.89 Å². The van der Waals surface area contributed by atoms with Gasteiger partial charge in [0.1, 0.15) is 0 Å². The van der Waals surface area contributed by atoms with Crippen LogP contribution in [-0.2, 0) is 6.61 Å². The highest BCUT2D eigenvalue weighted by Gasteiger charge is 2.06. The summed E-state index contributed by atoms with van der Waals surface area (Å²) in [5.41, 5.74) is 2.00. The van der Waals surface area contributed by atoms with Gasteiger partial charge in [0.25, 0.3) is 5.22 Å². The predicted molar refractivity (Wildman–Crippen MR) is 60.3 cm³/mol. The largest absolute Gasteiger partial charge is 0.416 e. The van der Waals surface area contributed by atoms with Gasteiger partial charge < -0.3 is 9.52 Å². The third-order valence-corrected chi connectivity index (χ3v) is 3.03. The number of nitrogens with zero attached hydrogens (tertiary/aromatic N) is 2. The number of aliphatic hydroxyl groups excluding tert-OH is 1. The molecule has 5 heteroatoms. The van der Waals surface area contributed by atoms with Gasteiger partial charge in [-0.25, -0.2) is 0 Å². The molecule has 0 aliphatic heterocycles. The molecule has 1 aromatic carbocycles. The molecule has 1 heterocycles. The van der Waals surface area contributed by atoms with Gasteiger partial charge in [-0.05, 0) is 41.9 Å². The third kappa shape index (κ3) is 2.43. The standard InChI is InChI=1S/C11H12N2O2S/c1-7-5-10(4-3-9(7)6-14)16-11-13-12-8(2)15-11/h3-5,14H,6H2,1-2H3. The second-order valence-corrected chi connectivity index (χ2v) is 4.46. The normalized spacial score (nSPS) is 10.7. The number of benzene rings is 1. The lowest BCUT2D eigenvalue weighted by Crippen LogP contribution is -1.88. The summed E-state index contributed by atoms with van der Waals surface area (Å²) in [5, 5.41) is 17.3. The minimum atomic E-state index is 0.0659. The molecule has 0 saturated carbocycles. The van der Waals surface area contributed by atoms with Crippen molar-refractivity contribution in [2.24, 2.45) is 0 Å². The number of hydrogen-bond acceptors (Lipinski definition) is 5. The van der Waals surface area contributed by atoms with E-state index in [1.165, 1.54) is 11.8 Å². The molecule has 2 aromatic rings. The Morgan fingerprint density at radius 1 is 1.31 bits per heavy atom. The smallest absolute Gasteiger partial charge is 0.281 e. The molecule has 0 fully saturated rings. The van der Waals surface area contributed by atoms with Crippen LogP contribution in [0.1, 0.15) is 17.0 Å². The van der Waals surface area contributed by atoms with Crippen molar-refractivity contribution < 1.29 is 9.52 Å². The summed E-state index contributed by atoms with van der Waals surface area (Å²) in [6.45, 7) is 3.79. The number of aromatic nitrogens is 2. The summed E-state index contributed by atoms with van der Waals surface area (Å²) in [5.74, 6) is 0.561. The zero-order valence-electron chi connectivity index (χ0n) is 9.10. The zero-order valence-corrected chi connectivity index (χ0v) is 9.91. The van der Waals surface area contributed by atoms with Crippen LogP contribution >= 0.6 is 11.8 Å². The number of hydrogen-bond donors (Lipinski definition) is 1. The molecule has 1 N–H and O–H groups in total. The summed E-state index contributed by atoms with van der Waals surface area (Å²) < 4.78 is 5.28. The Bertz CT molecular complexity index is 496. The molecule has 84 valence electrons.